The van der Waals surface area contributed by atoms with E-state index in [9.17, 15) is 9.18 Å². The summed E-state index contributed by atoms with van der Waals surface area (Å²) >= 11 is 1.31. The smallest absolute Gasteiger partial charge is 0.319 e. The van der Waals surface area contributed by atoms with Gasteiger partial charge in [0.05, 0.1) is 0 Å². The molecule has 6 heteroatoms. The molecule has 2 amide bonds. The molecular weight excluding hydrogens is 267 g/mol. The van der Waals surface area contributed by atoms with E-state index in [0.29, 0.717) is 10.6 Å². The number of carbonyl (C=O) groups excluding carboxylic acids is 1. The van der Waals surface area contributed by atoms with Crippen LogP contribution < -0.4 is 10.6 Å². The quantitative estimate of drug-likeness (QED) is 0.729. The van der Waals surface area contributed by atoms with Crippen molar-refractivity contribution in [2.45, 2.75) is 24.8 Å². The van der Waals surface area contributed by atoms with Gasteiger partial charge in [0.15, 0.2) is 0 Å². The van der Waals surface area contributed by atoms with Gasteiger partial charge in [0, 0.05) is 23.2 Å². The summed E-state index contributed by atoms with van der Waals surface area (Å²) < 4.78 is 13.5. The third-order valence-electron chi connectivity index (χ3n) is 2.91. The number of nitrogens with one attached hydrogen (secondary N) is 2. The van der Waals surface area contributed by atoms with E-state index < -0.39 is 6.03 Å². The molecule has 0 bridgehead atoms. The number of thioether (sulfide) groups is 1. The van der Waals surface area contributed by atoms with Gasteiger partial charge in [-0.15, -0.1) is 11.8 Å². The van der Waals surface area contributed by atoms with Crippen LogP contribution in [0.25, 0.3) is 0 Å². The SMILES string of the molecule is CSc1ccc(NC(=O)N[C@@H](C)[C@H](C)CO)cc1F. The first kappa shape index (κ1) is 15.8. The van der Waals surface area contributed by atoms with E-state index in [4.69, 9.17) is 5.11 Å². The Kier molecular flexibility index (Phi) is 6.11. The molecule has 0 aliphatic rings. The number of hydrogen-bond donors (Lipinski definition) is 3. The first-order chi connectivity index (χ1) is 8.97. The Morgan fingerprint density at radius 1 is 1.47 bits per heavy atom. The second-order valence-electron chi connectivity index (χ2n) is 4.40. The Hall–Kier alpha value is -1.27. The second-order valence-corrected chi connectivity index (χ2v) is 5.24. The topological polar surface area (TPSA) is 61.4 Å². The van der Waals surface area contributed by atoms with Crippen molar-refractivity contribution in [1.29, 1.82) is 0 Å². The number of halogens is 1. The molecule has 1 aromatic rings. The number of hydrogen-bond acceptors (Lipinski definition) is 3. The highest BCUT2D eigenvalue weighted by Gasteiger charge is 2.14. The van der Waals surface area contributed by atoms with Crippen LogP contribution in [0.3, 0.4) is 0 Å². The second kappa shape index (κ2) is 7.35. The molecule has 4 nitrogen and oxygen atoms in total. The maximum atomic E-state index is 13.5. The highest BCUT2D eigenvalue weighted by atomic mass is 32.2. The fourth-order valence-electron chi connectivity index (χ4n) is 1.42. The Bertz CT molecular complexity index is 443. The first-order valence-electron chi connectivity index (χ1n) is 5.99. The zero-order chi connectivity index (χ0) is 14.4. The Labute approximate surface area is 116 Å². The summed E-state index contributed by atoms with van der Waals surface area (Å²) in [7, 11) is 0. The highest BCUT2D eigenvalue weighted by Crippen LogP contribution is 2.22. The maximum absolute atomic E-state index is 13.5. The normalized spacial score (nSPS) is 13.7. The maximum Gasteiger partial charge on any atom is 0.319 e. The predicted molar refractivity (Wildman–Crippen MR) is 76.0 cm³/mol. The summed E-state index contributed by atoms with van der Waals surface area (Å²) in [6.45, 7) is 3.63. The van der Waals surface area contributed by atoms with Gasteiger partial charge in [-0.05, 0) is 37.3 Å². The van der Waals surface area contributed by atoms with Gasteiger partial charge in [-0.3, -0.25) is 0 Å². The highest BCUT2D eigenvalue weighted by molar-refractivity contribution is 7.98. The molecule has 1 rings (SSSR count). The van der Waals surface area contributed by atoms with E-state index in [-0.39, 0.29) is 24.4 Å². The molecule has 0 saturated heterocycles. The Balaban J connectivity index is 2.60. The molecule has 0 saturated carbocycles. The lowest BCUT2D eigenvalue weighted by molar-refractivity contribution is 0.204. The molecule has 0 aliphatic heterocycles. The summed E-state index contributed by atoms with van der Waals surface area (Å²) in [5.41, 5.74) is 0.400. The molecular formula is C13H19FN2O2S. The molecule has 0 aromatic heterocycles. The molecule has 0 spiro atoms. The van der Waals surface area contributed by atoms with Crippen LogP contribution in [0.15, 0.2) is 23.1 Å². The van der Waals surface area contributed by atoms with Gasteiger partial charge in [0.1, 0.15) is 5.82 Å². The number of urea groups is 1. The van der Waals surface area contributed by atoms with Crippen LogP contribution >= 0.6 is 11.8 Å². The van der Waals surface area contributed by atoms with E-state index in [1.54, 1.807) is 25.3 Å². The standard InChI is InChI=1S/C13H19FN2O2S/c1-8(7-17)9(2)15-13(18)16-10-4-5-12(19-3)11(14)6-10/h4-6,8-9,17H,7H2,1-3H3,(H2,15,16,18)/t8-,9+/m1/s1. The molecule has 2 atom stereocenters. The molecule has 0 aliphatic carbocycles. The number of benzene rings is 1. The summed E-state index contributed by atoms with van der Waals surface area (Å²) in [5, 5.41) is 14.2. The van der Waals surface area contributed by atoms with Gasteiger partial charge >= 0.3 is 6.03 Å². The molecule has 0 heterocycles. The zero-order valence-corrected chi connectivity index (χ0v) is 12.1. The number of rotatable bonds is 5. The van der Waals surface area contributed by atoms with E-state index in [0.717, 1.165) is 0 Å². The number of aliphatic hydroxyl groups is 1. The van der Waals surface area contributed by atoms with Crippen LogP contribution in [0.2, 0.25) is 0 Å². The number of amides is 2. The van der Waals surface area contributed by atoms with Gasteiger partial charge in [0.2, 0.25) is 0 Å². The Morgan fingerprint density at radius 3 is 2.68 bits per heavy atom. The summed E-state index contributed by atoms with van der Waals surface area (Å²) in [5.74, 6) is -0.400. The third-order valence-corrected chi connectivity index (χ3v) is 3.68. The average molecular weight is 286 g/mol. The van der Waals surface area contributed by atoms with E-state index >= 15 is 0 Å². The fraction of sp³-hybridized carbons (Fsp3) is 0.462. The molecule has 19 heavy (non-hydrogen) atoms. The van der Waals surface area contributed by atoms with Gasteiger partial charge in [-0.2, -0.15) is 0 Å². The van der Waals surface area contributed by atoms with E-state index in [1.165, 1.54) is 17.8 Å². The number of carbonyl (C=O) groups is 1. The number of anilines is 1. The minimum atomic E-state index is -0.413. The molecule has 106 valence electrons. The Morgan fingerprint density at radius 2 is 2.16 bits per heavy atom. The fourth-order valence-corrected chi connectivity index (χ4v) is 1.88. The van der Waals surface area contributed by atoms with Crippen molar-refractivity contribution in [3.8, 4) is 0 Å². The van der Waals surface area contributed by atoms with Crippen molar-refractivity contribution in [3.63, 3.8) is 0 Å². The van der Waals surface area contributed by atoms with E-state index in [1.807, 2.05) is 6.92 Å². The van der Waals surface area contributed by atoms with Crippen molar-refractivity contribution < 1.29 is 14.3 Å². The lowest BCUT2D eigenvalue weighted by Crippen LogP contribution is -2.40. The van der Waals surface area contributed by atoms with Crippen molar-refractivity contribution in [3.05, 3.63) is 24.0 Å². The van der Waals surface area contributed by atoms with Crippen LogP contribution in [0.5, 0.6) is 0 Å². The van der Waals surface area contributed by atoms with Crippen LogP contribution in [-0.4, -0.2) is 30.0 Å². The number of aliphatic hydroxyl groups excluding tert-OH is 1. The van der Waals surface area contributed by atoms with Crippen molar-refractivity contribution in [2.24, 2.45) is 5.92 Å². The van der Waals surface area contributed by atoms with Crippen molar-refractivity contribution in [1.82, 2.24) is 5.32 Å². The lowest BCUT2D eigenvalue weighted by Gasteiger charge is -2.19. The molecule has 1 aromatic carbocycles. The van der Waals surface area contributed by atoms with Crippen molar-refractivity contribution >= 4 is 23.5 Å². The summed E-state index contributed by atoms with van der Waals surface area (Å²) in [4.78, 5) is 12.2. The molecule has 3 N–H and O–H groups in total. The van der Waals surface area contributed by atoms with Gasteiger partial charge in [-0.25, -0.2) is 9.18 Å². The summed E-state index contributed by atoms with van der Waals surface area (Å²) in [6.07, 6.45) is 1.79. The largest absolute Gasteiger partial charge is 0.396 e. The molecule has 0 radical (unpaired) electrons. The monoisotopic (exact) mass is 286 g/mol. The first-order valence-corrected chi connectivity index (χ1v) is 7.22. The lowest BCUT2D eigenvalue weighted by atomic mass is 10.1. The third kappa shape index (κ3) is 4.72. The molecule has 0 fully saturated rings. The average Bonchev–Trinajstić information content (AvgIpc) is 2.37. The van der Waals surface area contributed by atoms with Gasteiger partial charge in [-0.1, -0.05) is 6.92 Å². The minimum Gasteiger partial charge on any atom is -0.396 e. The predicted octanol–water partition coefficient (Wildman–Crippen LogP) is 2.69. The minimum absolute atomic E-state index is 0.00149. The summed E-state index contributed by atoms with van der Waals surface area (Å²) in [6, 6.07) is 3.97. The van der Waals surface area contributed by atoms with Crippen LogP contribution in [0.4, 0.5) is 14.9 Å². The van der Waals surface area contributed by atoms with Gasteiger partial charge in [0.25, 0.3) is 0 Å². The van der Waals surface area contributed by atoms with E-state index in [2.05, 4.69) is 10.6 Å². The molecule has 0 unspecified atom stereocenters. The van der Waals surface area contributed by atoms with Gasteiger partial charge < -0.3 is 15.7 Å². The van der Waals surface area contributed by atoms with Crippen LogP contribution in [0.1, 0.15) is 13.8 Å². The van der Waals surface area contributed by atoms with Crippen LogP contribution in [-0.2, 0) is 0 Å². The van der Waals surface area contributed by atoms with Crippen molar-refractivity contribution in [2.75, 3.05) is 18.2 Å². The zero-order valence-electron chi connectivity index (χ0n) is 11.2. The van der Waals surface area contributed by atoms with Crippen LogP contribution in [0, 0.1) is 11.7 Å².